The topological polar surface area (TPSA) is 70.6 Å². The van der Waals surface area contributed by atoms with Crippen LogP contribution in [0.15, 0.2) is 12.3 Å². The fraction of sp³-hybridized carbons (Fsp3) is 0.625. The number of esters is 1. The molecule has 1 aliphatic heterocycles. The van der Waals surface area contributed by atoms with Gasteiger partial charge in [-0.05, 0) is 6.20 Å². The molecular weight excluding hydrogens is 172 g/mol. The number of ether oxygens (including phenoxy) is 1. The molecule has 3 atom stereocenters. The molecule has 13 heavy (non-hydrogen) atoms. The van der Waals surface area contributed by atoms with E-state index in [0.29, 0.717) is 0 Å². The lowest BCUT2D eigenvalue weighted by atomic mass is 10.0. The fourth-order valence-electron chi connectivity index (χ4n) is 1.18. The van der Waals surface area contributed by atoms with Crippen LogP contribution in [0.25, 0.3) is 0 Å². The molecule has 0 aromatic heterocycles. The van der Waals surface area contributed by atoms with Crippen LogP contribution in [0.3, 0.4) is 0 Å². The highest BCUT2D eigenvalue weighted by Crippen LogP contribution is 2.08. The van der Waals surface area contributed by atoms with Gasteiger partial charge in [-0.2, -0.15) is 0 Å². The third-order valence-corrected chi connectivity index (χ3v) is 2.02. The van der Waals surface area contributed by atoms with Crippen molar-refractivity contribution < 1.29 is 14.6 Å². The van der Waals surface area contributed by atoms with Gasteiger partial charge in [-0.15, -0.1) is 0 Å². The monoisotopic (exact) mass is 186 g/mol. The molecule has 1 heterocycles. The summed E-state index contributed by atoms with van der Waals surface area (Å²) in [6.45, 7) is 1.74. The Morgan fingerprint density at radius 2 is 2.38 bits per heavy atom. The second kappa shape index (κ2) is 4.25. The smallest absolute Gasteiger partial charge is 0.310 e. The van der Waals surface area contributed by atoms with Gasteiger partial charge in [0, 0.05) is 6.04 Å². The van der Waals surface area contributed by atoms with E-state index in [2.05, 4.69) is 15.4 Å². The van der Waals surface area contributed by atoms with Crippen LogP contribution in [-0.2, 0) is 9.53 Å². The summed E-state index contributed by atoms with van der Waals surface area (Å²) in [6, 6.07) is -0.191. The van der Waals surface area contributed by atoms with Crippen LogP contribution in [0, 0.1) is 5.92 Å². The molecule has 0 aromatic carbocycles. The molecule has 3 N–H and O–H groups in total. The summed E-state index contributed by atoms with van der Waals surface area (Å²) in [5.41, 5.74) is 0. The van der Waals surface area contributed by atoms with Crippen LogP contribution in [-0.4, -0.2) is 30.6 Å². The van der Waals surface area contributed by atoms with Gasteiger partial charge < -0.3 is 15.2 Å². The number of carbonyl (C=O) groups excluding carboxylic acids is 1. The van der Waals surface area contributed by atoms with Gasteiger partial charge in [-0.1, -0.05) is 13.0 Å². The summed E-state index contributed by atoms with van der Waals surface area (Å²) >= 11 is 0. The molecule has 1 rings (SSSR count). The van der Waals surface area contributed by atoms with Gasteiger partial charge >= 0.3 is 5.97 Å². The Balaban J connectivity index is 2.56. The van der Waals surface area contributed by atoms with E-state index in [0.717, 1.165) is 0 Å². The van der Waals surface area contributed by atoms with E-state index in [4.69, 9.17) is 5.11 Å². The maximum atomic E-state index is 11.1. The molecule has 0 saturated heterocycles. The molecular formula is C8H14N2O3. The van der Waals surface area contributed by atoms with E-state index >= 15 is 0 Å². The minimum absolute atomic E-state index is 0.191. The number of aliphatic hydroxyl groups excluding tert-OH is 1. The molecule has 3 unspecified atom stereocenters. The number of carbonyl (C=O) groups is 1. The average molecular weight is 186 g/mol. The summed E-state index contributed by atoms with van der Waals surface area (Å²) in [5.74, 6) is -0.603. The van der Waals surface area contributed by atoms with Crippen molar-refractivity contribution in [2.24, 2.45) is 5.92 Å². The van der Waals surface area contributed by atoms with Crippen molar-refractivity contribution in [1.29, 1.82) is 0 Å². The Kier molecular flexibility index (Phi) is 3.27. The van der Waals surface area contributed by atoms with Gasteiger partial charge in [0.25, 0.3) is 0 Å². The lowest BCUT2D eigenvalue weighted by Crippen LogP contribution is -2.51. The summed E-state index contributed by atoms with van der Waals surface area (Å²) < 4.78 is 4.59. The van der Waals surface area contributed by atoms with Gasteiger partial charge in [0.05, 0.1) is 13.0 Å². The maximum Gasteiger partial charge on any atom is 0.310 e. The fourth-order valence-corrected chi connectivity index (χ4v) is 1.18. The lowest BCUT2D eigenvalue weighted by molar-refractivity contribution is -0.145. The number of hydrogen-bond donors (Lipinski definition) is 3. The first-order valence-electron chi connectivity index (χ1n) is 4.10. The van der Waals surface area contributed by atoms with Crippen molar-refractivity contribution in [3.8, 4) is 0 Å². The van der Waals surface area contributed by atoms with Gasteiger partial charge in [0.2, 0.25) is 0 Å². The van der Waals surface area contributed by atoms with Crippen molar-refractivity contribution in [1.82, 2.24) is 10.6 Å². The van der Waals surface area contributed by atoms with Crippen LogP contribution >= 0.6 is 0 Å². The standard InChI is InChI=1S/C8H14N2O3/c1-5(7(11)13-2)6-3-4-9-8(12)10-6/h3-6,8-10,12H,1-2H3. The van der Waals surface area contributed by atoms with E-state index in [1.807, 2.05) is 0 Å². The molecule has 0 amide bonds. The van der Waals surface area contributed by atoms with E-state index in [9.17, 15) is 4.79 Å². The van der Waals surface area contributed by atoms with E-state index in [1.165, 1.54) is 7.11 Å². The first kappa shape index (κ1) is 10.0. The highest BCUT2D eigenvalue weighted by molar-refractivity contribution is 5.73. The normalized spacial score (nSPS) is 29.2. The molecule has 0 radical (unpaired) electrons. The highest BCUT2D eigenvalue weighted by Gasteiger charge is 2.25. The van der Waals surface area contributed by atoms with Gasteiger partial charge in [0.15, 0.2) is 6.35 Å². The molecule has 5 nitrogen and oxygen atoms in total. The minimum Gasteiger partial charge on any atom is -0.469 e. The summed E-state index contributed by atoms with van der Waals surface area (Å²) in [5, 5.41) is 14.6. The van der Waals surface area contributed by atoms with Crippen LogP contribution in [0.4, 0.5) is 0 Å². The predicted molar refractivity (Wildman–Crippen MR) is 46.4 cm³/mol. The van der Waals surface area contributed by atoms with Gasteiger partial charge in [0.1, 0.15) is 0 Å². The van der Waals surface area contributed by atoms with Crippen molar-refractivity contribution in [3.63, 3.8) is 0 Å². The van der Waals surface area contributed by atoms with Crippen molar-refractivity contribution >= 4 is 5.97 Å². The number of aliphatic hydroxyl groups is 1. The zero-order valence-corrected chi connectivity index (χ0v) is 7.65. The molecule has 74 valence electrons. The largest absolute Gasteiger partial charge is 0.469 e. The van der Waals surface area contributed by atoms with E-state index in [1.54, 1.807) is 19.2 Å². The van der Waals surface area contributed by atoms with Crippen LogP contribution < -0.4 is 10.6 Å². The Hall–Kier alpha value is -1.07. The zero-order chi connectivity index (χ0) is 9.84. The Bertz CT molecular complexity index is 217. The molecule has 0 bridgehead atoms. The number of rotatable bonds is 2. The van der Waals surface area contributed by atoms with E-state index in [-0.39, 0.29) is 17.9 Å². The maximum absolute atomic E-state index is 11.1. The molecule has 0 fully saturated rings. The molecule has 0 aromatic rings. The Morgan fingerprint density at radius 3 is 2.92 bits per heavy atom. The molecule has 0 saturated carbocycles. The highest BCUT2D eigenvalue weighted by atomic mass is 16.5. The van der Waals surface area contributed by atoms with Crippen molar-refractivity contribution in [2.75, 3.05) is 7.11 Å². The molecule has 0 spiro atoms. The molecule has 0 aliphatic carbocycles. The quantitative estimate of drug-likeness (QED) is 0.490. The predicted octanol–water partition coefficient (Wildman–Crippen LogP) is -0.854. The minimum atomic E-state index is -0.804. The number of methoxy groups -OCH3 is 1. The Labute approximate surface area is 76.8 Å². The zero-order valence-electron chi connectivity index (χ0n) is 7.65. The second-order valence-corrected chi connectivity index (χ2v) is 2.93. The first-order valence-corrected chi connectivity index (χ1v) is 4.10. The van der Waals surface area contributed by atoms with E-state index < -0.39 is 6.35 Å². The third-order valence-electron chi connectivity index (χ3n) is 2.02. The van der Waals surface area contributed by atoms with Crippen LogP contribution in [0.5, 0.6) is 0 Å². The summed E-state index contributed by atoms with van der Waals surface area (Å²) in [6.07, 6.45) is 2.58. The molecule has 5 heteroatoms. The number of hydrogen-bond acceptors (Lipinski definition) is 5. The van der Waals surface area contributed by atoms with Crippen molar-refractivity contribution in [2.45, 2.75) is 19.3 Å². The lowest BCUT2D eigenvalue weighted by Gasteiger charge is -2.27. The first-order chi connectivity index (χ1) is 6.15. The molecule has 1 aliphatic rings. The van der Waals surface area contributed by atoms with Crippen LogP contribution in [0.1, 0.15) is 6.92 Å². The second-order valence-electron chi connectivity index (χ2n) is 2.93. The SMILES string of the molecule is COC(=O)C(C)C1C=CNC(O)N1. The summed E-state index contributed by atoms with van der Waals surface area (Å²) in [7, 11) is 1.35. The van der Waals surface area contributed by atoms with Gasteiger partial charge in [-0.3, -0.25) is 10.1 Å². The van der Waals surface area contributed by atoms with Gasteiger partial charge in [-0.25, -0.2) is 0 Å². The Morgan fingerprint density at radius 1 is 1.69 bits per heavy atom. The number of nitrogens with one attached hydrogen (secondary N) is 2. The van der Waals surface area contributed by atoms with Crippen molar-refractivity contribution in [3.05, 3.63) is 12.3 Å². The van der Waals surface area contributed by atoms with Crippen LogP contribution in [0.2, 0.25) is 0 Å². The summed E-state index contributed by atoms with van der Waals surface area (Å²) in [4.78, 5) is 11.1. The third kappa shape index (κ3) is 2.43. The average Bonchev–Trinajstić information content (AvgIpc) is 2.15.